The zero-order chi connectivity index (χ0) is 49.5. The smallest absolute Gasteiger partial charge is 0.183 e. The van der Waals surface area contributed by atoms with Crippen LogP contribution in [-0.2, 0) is 0 Å². The lowest BCUT2D eigenvalue weighted by molar-refractivity contribution is 0.331. The summed E-state index contributed by atoms with van der Waals surface area (Å²) in [6, 6.07) is 71.8. The summed E-state index contributed by atoms with van der Waals surface area (Å²) in [7, 11) is 0. The molecule has 362 valence electrons. The molecule has 8 aromatic carbocycles. The molecule has 4 atom stereocenters. The van der Waals surface area contributed by atoms with Crippen molar-refractivity contribution in [1.82, 2.24) is 41.0 Å². The molecule has 5 heterocycles. The molecule has 0 fully saturated rings. The normalized spacial score (nSPS) is 18.7. The van der Waals surface area contributed by atoms with Crippen LogP contribution in [0.2, 0.25) is 0 Å². The van der Waals surface area contributed by atoms with E-state index in [1.807, 2.05) is 61.5 Å². The third-order valence-electron chi connectivity index (χ3n) is 14.3. The standard InChI is InChI=1S/C62H54N12/c1-2-49(59-69-55(39-19-7-3-8-20-39)67-56(70-59)40-21-9-4-10-22-40)65-61(63)73-51-29-17-15-27-45(51)47-37-43(31-33-53(47)73)44-32-34-54-48(38-44)46-28-16-18-30-52(46)74(54)62-64-36-35-50(66-62)60-71-57(41-23-11-5-12-24-41)68-58(72-60)42-25-13-6-14-26-42/h2-35,37-38,57,59-62,64-66,71H,36,63H2,1H3,(H,68,72)(H,67,69,70)/b49-2-. The van der Waals surface area contributed by atoms with Crippen molar-refractivity contribution in [2.45, 2.75) is 38.0 Å². The van der Waals surface area contributed by atoms with E-state index in [0.29, 0.717) is 6.54 Å². The summed E-state index contributed by atoms with van der Waals surface area (Å²) in [5.41, 5.74) is 19.8. The minimum Gasteiger partial charge on any atom is -0.353 e. The third-order valence-corrected chi connectivity index (χ3v) is 14.3. The monoisotopic (exact) mass is 966 g/mol. The third kappa shape index (κ3) is 8.26. The van der Waals surface area contributed by atoms with Gasteiger partial charge in [0.05, 0.1) is 27.8 Å². The zero-order valence-corrected chi connectivity index (χ0v) is 40.7. The second kappa shape index (κ2) is 19.2. The fourth-order valence-corrected chi connectivity index (χ4v) is 10.7. The van der Waals surface area contributed by atoms with Crippen LogP contribution in [0.5, 0.6) is 0 Å². The number of para-hydroxylation sites is 2. The molecule has 0 aliphatic carbocycles. The first-order valence-electron chi connectivity index (χ1n) is 25.2. The Kier molecular flexibility index (Phi) is 11.6. The summed E-state index contributed by atoms with van der Waals surface area (Å²) in [5, 5.41) is 26.9. The average Bonchev–Trinajstić information content (AvgIpc) is 4.01. The molecule has 2 aromatic heterocycles. The molecule has 12 heteroatoms. The highest BCUT2D eigenvalue weighted by atomic mass is 15.4. The summed E-state index contributed by atoms with van der Waals surface area (Å²) < 4.78 is 4.57. The highest BCUT2D eigenvalue weighted by Crippen LogP contribution is 2.38. The van der Waals surface area contributed by atoms with Crippen molar-refractivity contribution in [3.63, 3.8) is 0 Å². The van der Waals surface area contributed by atoms with E-state index < -0.39 is 12.5 Å². The summed E-state index contributed by atoms with van der Waals surface area (Å²) in [5.74, 6) is 2.34. The second-order valence-corrected chi connectivity index (χ2v) is 18.8. The number of hydrogen-bond donors (Lipinski definition) is 7. The quantitative estimate of drug-likeness (QED) is 0.0639. The molecule has 3 aliphatic heterocycles. The van der Waals surface area contributed by atoms with Crippen LogP contribution in [0.3, 0.4) is 0 Å². The van der Waals surface area contributed by atoms with E-state index in [1.54, 1.807) is 0 Å². The first-order valence-corrected chi connectivity index (χ1v) is 25.2. The summed E-state index contributed by atoms with van der Waals surface area (Å²) >= 11 is 0. The molecule has 8 N–H and O–H groups in total. The maximum Gasteiger partial charge on any atom is 0.183 e. The van der Waals surface area contributed by atoms with Gasteiger partial charge < -0.3 is 30.4 Å². The maximum absolute atomic E-state index is 7.26. The van der Waals surface area contributed by atoms with Gasteiger partial charge in [-0.2, -0.15) is 0 Å². The number of hydrogen-bond acceptors (Lipinski definition) is 10. The molecule has 0 radical (unpaired) electrons. The molecule has 10 aromatic rings. The topological polar surface area (TPSA) is 145 Å². The van der Waals surface area contributed by atoms with Gasteiger partial charge in [-0.15, -0.1) is 0 Å². The minimum absolute atomic E-state index is 0.215. The highest BCUT2D eigenvalue weighted by molar-refractivity contribution is 6.16. The first-order chi connectivity index (χ1) is 36.5. The van der Waals surface area contributed by atoms with Gasteiger partial charge in [0.1, 0.15) is 29.8 Å². The summed E-state index contributed by atoms with van der Waals surface area (Å²) in [4.78, 5) is 15.4. The van der Waals surface area contributed by atoms with Gasteiger partial charge in [-0.3, -0.25) is 16.4 Å². The predicted molar refractivity (Wildman–Crippen MR) is 301 cm³/mol. The molecule has 0 saturated heterocycles. The van der Waals surface area contributed by atoms with Crippen LogP contribution >= 0.6 is 0 Å². The molecular formula is C62H54N12. The van der Waals surface area contributed by atoms with Gasteiger partial charge in [0.15, 0.2) is 18.7 Å². The average molecular weight is 967 g/mol. The Bertz CT molecular complexity index is 3820. The van der Waals surface area contributed by atoms with E-state index in [4.69, 9.17) is 20.7 Å². The lowest BCUT2D eigenvalue weighted by Crippen LogP contribution is -2.57. The molecule has 4 unspecified atom stereocenters. The van der Waals surface area contributed by atoms with Gasteiger partial charge >= 0.3 is 0 Å². The van der Waals surface area contributed by atoms with E-state index in [9.17, 15) is 0 Å². The van der Waals surface area contributed by atoms with E-state index in [2.05, 4.69) is 205 Å². The predicted octanol–water partition coefficient (Wildman–Crippen LogP) is 10.5. The van der Waals surface area contributed by atoms with Gasteiger partial charge in [0.25, 0.3) is 0 Å². The van der Waals surface area contributed by atoms with Gasteiger partial charge in [0, 0.05) is 50.5 Å². The van der Waals surface area contributed by atoms with Crippen molar-refractivity contribution in [2.24, 2.45) is 20.7 Å². The lowest BCUT2D eigenvalue weighted by Gasteiger charge is -2.37. The number of aromatic nitrogens is 2. The van der Waals surface area contributed by atoms with E-state index in [0.717, 1.165) is 95.1 Å². The van der Waals surface area contributed by atoms with Crippen LogP contribution < -0.4 is 37.6 Å². The molecule has 13 rings (SSSR count). The van der Waals surface area contributed by atoms with Crippen LogP contribution in [0, 0.1) is 0 Å². The Morgan fingerprint density at radius 3 is 1.70 bits per heavy atom. The number of nitrogens with zero attached hydrogens (tertiary/aromatic N) is 5. The number of nitrogens with two attached hydrogens (primary N) is 1. The van der Waals surface area contributed by atoms with Crippen molar-refractivity contribution in [1.29, 1.82) is 0 Å². The van der Waals surface area contributed by atoms with Gasteiger partial charge in [0.2, 0.25) is 0 Å². The lowest BCUT2D eigenvalue weighted by atomic mass is 10.0. The fourth-order valence-electron chi connectivity index (χ4n) is 10.7. The highest BCUT2D eigenvalue weighted by Gasteiger charge is 2.31. The Labute approximate surface area is 428 Å². The number of rotatable bonds is 11. The van der Waals surface area contributed by atoms with Gasteiger partial charge in [-0.05, 0) is 66.1 Å². The number of nitrogens with one attached hydrogen (secondary N) is 6. The van der Waals surface area contributed by atoms with E-state index >= 15 is 0 Å². The summed E-state index contributed by atoms with van der Waals surface area (Å²) in [6.45, 7) is 2.68. The van der Waals surface area contributed by atoms with Crippen LogP contribution in [-0.4, -0.2) is 45.5 Å². The van der Waals surface area contributed by atoms with Crippen molar-refractivity contribution >= 4 is 61.1 Å². The number of amidine groups is 3. The number of fused-ring (bicyclic) bond motifs is 6. The van der Waals surface area contributed by atoms with Crippen LogP contribution in [0.1, 0.15) is 47.9 Å². The van der Waals surface area contributed by atoms with Crippen LogP contribution in [0.4, 0.5) is 0 Å². The molecular weight excluding hydrogens is 913 g/mol. The maximum atomic E-state index is 7.26. The Morgan fingerprint density at radius 1 is 0.554 bits per heavy atom. The minimum atomic E-state index is -0.635. The molecule has 0 bridgehead atoms. The second-order valence-electron chi connectivity index (χ2n) is 18.8. The fraction of sp³-hybridized carbons (Fsp3) is 0.113. The van der Waals surface area contributed by atoms with Gasteiger partial charge in [-0.25, -0.2) is 15.0 Å². The van der Waals surface area contributed by atoms with E-state index in [1.165, 1.54) is 10.8 Å². The zero-order valence-electron chi connectivity index (χ0n) is 40.7. The summed E-state index contributed by atoms with van der Waals surface area (Å²) in [6.07, 6.45) is 2.38. The van der Waals surface area contributed by atoms with Crippen molar-refractivity contribution in [3.8, 4) is 11.1 Å². The number of aliphatic imine (C=N–C) groups is 3. The van der Waals surface area contributed by atoms with Gasteiger partial charge in [-0.1, -0.05) is 176 Å². The van der Waals surface area contributed by atoms with Crippen molar-refractivity contribution < 1.29 is 0 Å². The molecule has 0 amide bonds. The van der Waals surface area contributed by atoms with Crippen molar-refractivity contribution in [2.75, 3.05) is 6.54 Å². The molecule has 12 nitrogen and oxygen atoms in total. The molecule has 74 heavy (non-hydrogen) atoms. The number of benzene rings is 8. The Hall–Kier alpha value is -9.07. The Balaban J connectivity index is 0.812. The van der Waals surface area contributed by atoms with Crippen LogP contribution in [0.25, 0.3) is 54.7 Å². The van der Waals surface area contributed by atoms with E-state index in [-0.39, 0.29) is 18.6 Å². The Morgan fingerprint density at radius 2 is 1.07 bits per heavy atom. The first kappa shape index (κ1) is 44.8. The largest absolute Gasteiger partial charge is 0.353 e. The molecule has 3 aliphatic rings. The SMILES string of the molecule is C/C=C(\NC(N)n1c2ccccc2c2cc(-c3ccc4c(c3)c3ccccc3n4C3NCC=C(C4NC(c5ccccc5)=NC(c5ccccc5)N4)N3)ccc21)C1N=C(c2ccccc2)NC(c2ccccc2)=N1. The van der Waals surface area contributed by atoms with Crippen LogP contribution in [0.15, 0.2) is 245 Å². The molecule has 0 saturated carbocycles. The molecule has 0 spiro atoms. The van der Waals surface area contributed by atoms with Crippen molar-refractivity contribution in [3.05, 3.63) is 252 Å². The number of allylic oxidation sites excluding steroid dienone is 1.